The number of rotatable bonds is 4. The maximum absolute atomic E-state index is 5.29. The molecule has 0 aliphatic carbocycles. The van der Waals surface area contributed by atoms with Crippen molar-refractivity contribution in [3.05, 3.63) is 59.9 Å². The molecule has 0 bridgehead atoms. The van der Waals surface area contributed by atoms with E-state index in [1.807, 2.05) is 28.8 Å². The lowest BCUT2D eigenvalue weighted by molar-refractivity contribution is 0.415. The predicted molar refractivity (Wildman–Crippen MR) is 107 cm³/mol. The van der Waals surface area contributed by atoms with Crippen molar-refractivity contribution in [2.24, 2.45) is 0 Å². The molecule has 6 heteroatoms. The second kappa shape index (κ2) is 6.54. The first-order chi connectivity index (χ1) is 12.9. The van der Waals surface area contributed by atoms with Crippen LogP contribution in [0.2, 0.25) is 0 Å². The molecule has 0 radical (unpaired) electrons. The van der Waals surface area contributed by atoms with E-state index in [9.17, 15) is 0 Å². The number of methoxy groups -OCH3 is 1. The van der Waals surface area contributed by atoms with Crippen LogP contribution in [-0.2, 0) is 12.0 Å². The average Bonchev–Trinajstić information content (AvgIpc) is 3.09. The van der Waals surface area contributed by atoms with E-state index in [1.165, 1.54) is 10.9 Å². The molecule has 0 aliphatic rings. The first-order valence-corrected chi connectivity index (χ1v) is 8.97. The van der Waals surface area contributed by atoms with Crippen molar-refractivity contribution in [3.63, 3.8) is 0 Å². The zero-order valence-electron chi connectivity index (χ0n) is 16.0. The molecule has 0 spiro atoms. The number of fused-ring (bicyclic) bond motifs is 2. The summed E-state index contributed by atoms with van der Waals surface area (Å²) in [6.07, 6.45) is 0. The lowest BCUT2D eigenvalue weighted by Gasteiger charge is -2.15. The quantitative estimate of drug-likeness (QED) is 0.590. The molecular formula is C21H23N5O. The van der Waals surface area contributed by atoms with Crippen LogP contribution in [0.15, 0.2) is 48.5 Å². The van der Waals surface area contributed by atoms with E-state index < -0.39 is 0 Å². The Bertz CT molecular complexity index is 1110. The minimum atomic E-state index is -0.121. The van der Waals surface area contributed by atoms with Gasteiger partial charge >= 0.3 is 0 Å². The normalized spacial score (nSPS) is 11.9. The minimum absolute atomic E-state index is 0.121. The van der Waals surface area contributed by atoms with Crippen LogP contribution in [0.1, 0.15) is 32.2 Å². The van der Waals surface area contributed by atoms with Crippen molar-refractivity contribution in [1.29, 1.82) is 0 Å². The number of nitrogens with one attached hydrogen (secondary N) is 1. The molecule has 27 heavy (non-hydrogen) atoms. The van der Waals surface area contributed by atoms with Crippen LogP contribution in [0, 0.1) is 0 Å². The highest BCUT2D eigenvalue weighted by Gasteiger charge is 2.21. The molecule has 138 valence electrons. The van der Waals surface area contributed by atoms with E-state index >= 15 is 0 Å². The van der Waals surface area contributed by atoms with Gasteiger partial charge in [0.05, 0.1) is 7.11 Å². The Morgan fingerprint density at radius 3 is 2.52 bits per heavy atom. The standard InChI is InChI=1S/C21H23N5O/c1-21(2,3)20-24-23-19-10-9-18(25-26(19)20)22-13-14-5-6-16-12-17(27-4)8-7-15(16)11-14/h5-12H,13H2,1-4H3,(H,22,25). The van der Waals surface area contributed by atoms with E-state index in [0.717, 1.165) is 28.4 Å². The topological polar surface area (TPSA) is 64.3 Å². The highest BCUT2D eigenvalue weighted by molar-refractivity contribution is 5.84. The van der Waals surface area contributed by atoms with Crippen LogP contribution < -0.4 is 10.1 Å². The van der Waals surface area contributed by atoms with Crippen molar-refractivity contribution in [2.45, 2.75) is 32.7 Å². The number of benzene rings is 2. The van der Waals surface area contributed by atoms with Gasteiger partial charge in [-0.05, 0) is 46.7 Å². The largest absolute Gasteiger partial charge is 0.497 e. The Hall–Kier alpha value is -3.15. The molecule has 6 nitrogen and oxygen atoms in total. The van der Waals surface area contributed by atoms with Crippen LogP contribution in [0.4, 0.5) is 5.82 Å². The summed E-state index contributed by atoms with van der Waals surface area (Å²) < 4.78 is 7.10. The van der Waals surface area contributed by atoms with E-state index in [-0.39, 0.29) is 5.41 Å². The summed E-state index contributed by atoms with van der Waals surface area (Å²) in [5.74, 6) is 2.51. The monoisotopic (exact) mass is 361 g/mol. The molecule has 0 saturated heterocycles. The Kier molecular flexibility index (Phi) is 4.18. The van der Waals surface area contributed by atoms with E-state index in [4.69, 9.17) is 4.74 Å². The van der Waals surface area contributed by atoms with Gasteiger partial charge < -0.3 is 10.1 Å². The predicted octanol–water partition coefficient (Wildman–Crippen LogP) is 4.20. The zero-order chi connectivity index (χ0) is 19.0. The third-order valence-corrected chi connectivity index (χ3v) is 4.52. The van der Waals surface area contributed by atoms with Gasteiger partial charge in [-0.3, -0.25) is 0 Å². The van der Waals surface area contributed by atoms with Gasteiger partial charge in [0.1, 0.15) is 11.6 Å². The molecule has 0 aliphatic heterocycles. The van der Waals surface area contributed by atoms with Crippen molar-refractivity contribution in [2.75, 3.05) is 12.4 Å². The Balaban J connectivity index is 1.57. The van der Waals surface area contributed by atoms with Gasteiger partial charge in [0.25, 0.3) is 0 Å². The molecule has 0 amide bonds. The molecule has 0 fully saturated rings. The van der Waals surface area contributed by atoms with Crippen molar-refractivity contribution < 1.29 is 4.74 Å². The summed E-state index contributed by atoms with van der Waals surface area (Å²) in [6, 6.07) is 16.4. The number of anilines is 1. The fourth-order valence-corrected chi connectivity index (χ4v) is 3.05. The molecule has 4 rings (SSSR count). The number of nitrogens with zero attached hydrogens (tertiary/aromatic N) is 4. The van der Waals surface area contributed by atoms with Gasteiger partial charge in [-0.15, -0.1) is 15.3 Å². The van der Waals surface area contributed by atoms with E-state index in [1.54, 1.807) is 7.11 Å². The lowest BCUT2D eigenvalue weighted by Crippen LogP contribution is -2.17. The summed E-state index contributed by atoms with van der Waals surface area (Å²) in [7, 11) is 1.68. The van der Waals surface area contributed by atoms with E-state index in [2.05, 4.69) is 65.6 Å². The molecule has 2 heterocycles. The van der Waals surface area contributed by atoms with Crippen LogP contribution >= 0.6 is 0 Å². The molecule has 1 N–H and O–H groups in total. The molecule has 2 aromatic carbocycles. The van der Waals surface area contributed by atoms with Gasteiger partial charge in [-0.25, -0.2) is 0 Å². The maximum atomic E-state index is 5.29. The second-order valence-corrected chi connectivity index (χ2v) is 7.66. The van der Waals surface area contributed by atoms with Gasteiger partial charge in [0.2, 0.25) is 0 Å². The summed E-state index contributed by atoms with van der Waals surface area (Å²) in [4.78, 5) is 0. The summed E-state index contributed by atoms with van der Waals surface area (Å²) >= 11 is 0. The lowest BCUT2D eigenvalue weighted by atomic mass is 9.96. The van der Waals surface area contributed by atoms with E-state index in [0.29, 0.717) is 6.54 Å². The van der Waals surface area contributed by atoms with Crippen molar-refractivity contribution in [3.8, 4) is 5.75 Å². The Morgan fingerprint density at radius 1 is 0.963 bits per heavy atom. The molecular weight excluding hydrogens is 338 g/mol. The second-order valence-electron chi connectivity index (χ2n) is 7.66. The van der Waals surface area contributed by atoms with Gasteiger partial charge in [0, 0.05) is 12.0 Å². The smallest absolute Gasteiger partial charge is 0.178 e. The molecule has 4 aromatic rings. The third-order valence-electron chi connectivity index (χ3n) is 4.52. The minimum Gasteiger partial charge on any atom is -0.497 e. The Labute approximate surface area is 158 Å². The third kappa shape index (κ3) is 3.43. The molecule has 0 atom stereocenters. The maximum Gasteiger partial charge on any atom is 0.178 e. The van der Waals surface area contributed by atoms with Gasteiger partial charge in [-0.1, -0.05) is 39.0 Å². The molecule has 2 aromatic heterocycles. The fourth-order valence-electron chi connectivity index (χ4n) is 3.05. The first-order valence-electron chi connectivity index (χ1n) is 8.97. The van der Waals surface area contributed by atoms with Crippen molar-refractivity contribution >= 4 is 22.2 Å². The number of hydrogen-bond acceptors (Lipinski definition) is 5. The van der Waals surface area contributed by atoms with Gasteiger partial charge in [0.15, 0.2) is 11.5 Å². The zero-order valence-corrected chi connectivity index (χ0v) is 16.0. The highest BCUT2D eigenvalue weighted by atomic mass is 16.5. The first kappa shape index (κ1) is 17.3. The van der Waals surface area contributed by atoms with Crippen LogP contribution in [0.25, 0.3) is 16.4 Å². The molecule has 0 unspecified atom stereocenters. The molecule has 0 saturated carbocycles. The van der Waals surface area contributed by atoms with Crippen molar-refractivity contribution in [1.82, 2.24) is 19.8 Å². The Morgan fingerprint density at radius 2 is 1.74 bits per heavy atom. The number of ether oxygens (including phenoxy) is 1. The SMILES string of the molecule is COc1ccc2cc(CNc3ccc4nnc(C(C)(C)C)n4n3)ccc2c1. The summed E-state index contributed by atoms with van der Waals surface area (Å²) in [5, 5.41) is 18.9. The van der Waals surface area contributed by atoms with Crippen LogP contribution in [0.5, 0.6) is 5.75 Å². The number of aromatic nitrogens is 4. The van der Waals surface area contributed by atoms with Crippen LogP contribution in [-0.4, -0.2) is 26.9 Å². The summed E-state index contributed by atoms with van der Waals surface area (Å²) in [6.45, 7) is 7.01. The van der Waals surface area contributed by atoms with Gasteiger partial charge in [-0.2, -0.15) is 4.52 Å². The highest BCUT2D eigenvalue weighted by Crippen LogP contribution is 2.23. The number of hydrogen-bond donors (Lipinski definition) is 1. The fraction of sp³-hybridized carbons (Fsp3) is 0.286. The van der Waals surface area contributed by atoms with Crippen LogP contribution in [0.3, 0.4) is 0 Å². The average molecular weight is 361 g/mol. The summed E-state index contributed by atoms with van der Waals surface area (Å²) in [5.41, 5.74) is 1.82.